The van der Waals surface area contributed by atoms with Crippen LogP contribution in [0.15, 0.2) is 279 Å². The van der Waals surface area contributed by atoms with E-state index in [-0.39, 0.29) is 33.9 Å². The molecule has 270 valence electrons. The Bertz CT molecular complexity index is 3070. The summed E-state index contributed by atoms with van der Waals surface area (Å²) in [4.78, 5) is 5.74. The fourth-order valence-electron chi connectivity index (χ4n) is 4.12. The predicted molar refractivity (Wildman–Crippen MR) is 225 cm³/mol. The van der Waals surface area contributed by atoms with Gasteiger partial charge in [-0.25, -0.2) is 0 Å². The highest BCUT2D eigenvalue weighted by Gasteiger charge is 2.42. The van der Waals surface area contributed by atoms with Gasteiger partial charge in [0.2, 0.25) is 17.1 Å². The van der Waals surface area contributed by atoms with Crippen LogP contribution in [-0.2, 0) is 0 Å². The molecule has 0 aromatic rings. The van der Waals surface area contributed by atoms with Crippen LogP contribution < -0.4 is 16.2 Å². The van der Waals surface area contributed by atoms with Crippen molar-refractivity contribution >= 4 is 17.1 Å². The zero-order valence-corrected chi connectivity index (χ0v) is 32.5. The summed E-state index contributed by atoms with van der Waals surface area (Å²) in [6, 6.07) is 0. The van der Waals surface area contributed by atoms with E-state index < -0.39 is 0 Å². The molecule has 6 heteroatoms. The van der Waals surface area contributed by atoms with Gasteiger partial charge in [-0.05, 0) is 191 Å². The molecule has 0 spiro atoms. The Morgan fingerprint density at radius 2 is 0.433 bits per heavy atom. The van der Waals surface area contributed by atoms with Crippen molar-refractivity contribution in [1.29, 1.82) is 0 Å². The van der Waals surface area contributed by atoms with Crippen LogP contribution >= 0.6 is 0 Å². The van der Waals surface area contributed by atoms with Crippen LogP contribution in [0.3, 0.4) is 0 Å². The Balaban J connectivity index is 1.85. The van der Waals surface area contributed by atoms with Gasteiger partial charge in [-0.2, -0.15) is 0 Å². The molecule has 3 heterocycles. The third-order valence-corrected chi connectivity index (χ3v) is 7.05. The fourth-order valence-corrected chi connectivity index (χ4v) is 4.12. The highest BCUT2D eigenvalue weighted by atomic mass is 15.1. The molecule has 6 N–H and O–H groups in total. The van der Waals surface area contributed by atoms with Crippen molar-refractivity contribution in [3.63, 3.8) is 0 Å². The summed E-state index contributed by atoms with van der Waals surface area (Å²) in [6.45, 7) is 0. The van der Waals surface area contributed by atoms with E-state index in [9.17, 15) is 0 Å². The van der Waals surface area contributed by atoms with Crippen LogP contribution in [0.5, 0.6) is 0 Å². The molecule has 1 aliphatic carbocycles. The van der Waals surface area contributed by atoms with Crippen molar-refractivity contribution in [2.45, 2.75) is 0 Å². The summed E-state index contributed by atoms with van der Waals surface area (Å²) >= 11 is 0. The van der Waals surface area contributed by atoms with Crippen molar-refractivity contribution < 1.29 is 16.2 Å². The molecule has 6 nitrogen and oxygen atoms in total. The lowest BCUT2D eigenvalue weighted by atomic mass is 9.82. The fraction of sp³-hybridized carbons (Fsp3) is 0.0556. The molecule has 4 aliphatic rings. The third-order valence-electron chi connectivity index (χ3n) is 7.05. The van der Waals surface area contributed by atoms with Gasteiger partial charge in [0.1, 0.15) is 0 Å². The predicted octanol–water partition coefficient (Wildman–Crippen LogP) is 3.06. The minimum atomic E-state index is 0.115. The number of nitrogens with zero attached hydrogens (tertiary/aromatic N) is 3. The lowest BCUT2D eigenvalue weighted by Gasteiger charge is -2.09. The second kappa shape index (κ2) is 24.0. The van der Waals surface area contributed by atoms with E-state index in [4.69, 9.17) is 16.2 Å². The Morgan fingerprint density at radius 1 is 0.267 bits per heavy atom. The normalized spacial score (nSPS) is 12.7. The van der Waals surface area contributed by atoms with Crippen LogP contribution in [0, 0.1) is 0 Å². The molecule has 0 amide bonds. The maximum atomic E-state index is 6.45. The second-order valence-corrected chi connectivity index (χ2v) is 11.4. The molecule has 1 fully saturated rings. The molecule has 0 atom stereocenters. The maximum Gasteiger partial charge on any atom is 0.242 e. The van der Waals surface area contributed by atoms with Crippen LogP contribution in [-0.4, -0.2) is 53.0 Å². The van der Waals surface area contributed by atoms with Gasteiger partial charge in [0.25, 0.3) is 0 Å². The summed E-state index contributed by atoms with van der Waals surface area (Å²) in [5.74, 6) is 0. The van der Waals surface area contributed by atoms with E-state index in [2.05, 4.69) is 172 Å². The summed E-state index contributed by atoms with van der Waals surface area (Å²) in [6.07, 6.45) is 22.7. The van der Waals surface area contributed by atoms with Crippen LogP contribution in [0.1, 0.15) is 0 Å². The smallest absolute Gasteiger partial charge is 0.242 e. The molecule has 0 bridgehead atoms. The summed E-state index contributed by atoms with van der Waals surface area (Å²) < 4.78 is 0. The molecular weight excluding hydrogens is 733 g/mol. The average Bonchev–Trinajstić information content (AvgIpc) is 3.25. The molecule has 0 aromatic carbocycles. The van der Waals surface area contributed by atoms with Gasteiger partial charge >= 0.3 is 0 Å². The number of nitrogens with two attached hydrogens (primary N) is 3. The monoisotopic (exact) mass is 759 g/mol. The van der Waals surface area contributed by atoms with Crippen LogP contribution in [0.2, 0.25) is 0 Å². The average molecular weight is 760 g/mol. The van der Waals surface area contributed by atoms with Gasteiger partial charge in [-0.3, -0.25) is 16.2 Å². The van der Waals surface area contributed by atoms with E-state index in [0.717, 1.165) is 16.7 Å². The first-order valence-electron chi connectivity index (χ1n) is 17.2. The zero-order valence-electron chi connectivity index (χ0n) is 32.5. The molecule has 4 rings (SSSR count). The van der Waals surface area contributed by atoms with Crippen molar-refractivity contribution in [3.8, 4) is 0 Å². The largest absolute Gasteiger partial charge is 0.357 e. The van der Waals surface area contributed by atoms with Crippen LogP contribution in [0.25, 0.3) is 0 Å². The van der Waals surface area contributed by atoms with Crippen molar-refractivity contribution in [2.24, 2.45) is 0 Å². The third kappa shape index (κ3) is 15.1. The first-order valence-corrected chi connectivity index (χ1v) is 17.2. The Morgan fingerprint density at radius 3 is 0.633 bits per heavy atom. The molecular formula is C54H27N6+3. The van der Waals surface area contributed by atoms with Gasteiger partial charge in [0, 0.05) is 75.1 Å². The molecule has 60 heavy (non-hydrogen) atoms. The number of hydrogen-bond donors (Lipinski definition) is 3. The first kappa shape index (κ1) is 42.2. The molecule has 0 radical (unpaired) electrons. The van der Waals surface area contributed by atoms with E-state index in [0.29, 0.717) is 0 Å². The van der Waals surface area contributed by atoms with Gasteiger partial charge in [-0.15, -0.1) is 0 Å². The minimum absolute atomic E-state index is 0.115. The number of allylic oxidation sites excluding steroid dienone is 12. The Labute approximate surface area is 346 Å². The van der Waals surface area contributed by atoms with E-state index >= 15 is 0 Å². The summed E-state index contributed by atoms with van der Waals surface area (Å²) in [7, 11) is 5.78. The van der Waals surface area contributed by atoms with Crippen molar-refractivity contribution in [1.82, 2.24) is 14.7 Å². The molecule has 0 saturated heterocycles. The standard InChI is InChI=1S/C54H24N6/c1-58-40-34-46(35-41-58)28-22-16-10-4-7-13-19-25-31-49-52(55)50(32-26-20-14-8-5-11-17-23-29-47-36-42-59(2)43-37-47)54(57)51(53(49)56)33-27-21-15-9-6-12-18-24-30-48-38-44-60(3)45-39-48/h34-45,55-57H,1-3H3/p+3. The van der Waals surface area contributed by atoms with Crippen molar-refractivity contribution in [3.05, 3.63) is 279 Å². The lowest BCUT2D eigenvalue weighted by Crippen LogP contribution is -2.60. The molecule has 1 saturated carbocycles. The Hall–Kier alpha value is -10.5. The second-order valence-electron chi connectivity index (χ2n) is 11.4. The topological polar surface area (TPSA) is 86.5 Å². The quantitative estimate of drug-likeness (QED) is 0.333. The van der Waals surface area contributed by atoms with Gasteiger partial charge in [-0.1, -0.05) is 17.2 Å². The SMILES string of the molecule is CN1C=CC(=C=C=C=C=C=C=C=C=C=C=C2C(=[NH2+])C(=C=C=C=C=C=C=C=C=C=C=C3C=CN(C)C=C3)C(=[NH2+])C(=C=C=C=C=C=C=C=C=C=C=C3C=CN(C)C=C3)C2=[NH2+])C=C1. The first-order chi connectivity index (χ1) is 29.3. The summed E-state index contributed by atoms with van der Waals surface area (Å²) in [5.41, 5.74) is 84.4. The Kier molecular flexibility index (Phi) is 16.9. The van der Waals surface area contributed by atoms with Gasteiger partial charge < -0.3 is 14.7 Å². The zero-order chi connectivity index (χ0) is 42.6. The van der Waals surface area contributed by atoms with E-state index in [1.807, 2.05) is 109 Å². The highest BCUT2D eigenvalue weighted by Crippen LogP contribution is 2.18. The summed E-state index contributed by atoms with van der Waals surface area (Å²) in [5, 5.41) is 19.4. The van der Waals surface area contributed by atoms with Gasteiger partial charge in [0.05, 0.1) is 0 Å². The van der Waals surface area contributed by atoms with Crippen LogP contribution in [0.4, 0.5) is 0 Å². The van der Waals surface area contributed by atoms with E-state index in [1.165, 1.54) is 0 Å². The van der Waals surface area contributed by atoms with E-state index in [1.54, 1.807) is 0 Å². The number of rotatable bonds is 0. The van der Waals surface area contributed by atoms with Crippen molar-refractivity contribution in [2.75, 3.05) is 21.1 Å². The molecule has 0 aromatic heterocycles. The maximum absolute atomic E-state index is 6.45. The molecule has 0 unspecified atom stereocenters. The number of hydrogen-bond acceptors (Lipinski definition) is 3. The molecule has 3 aliphatic heterocycles. The minimum Gasteiger partial charge on any atom is -0.357 e. The van der Waals surface area contributed by atoms with Gasteiger partial charge in [0.15, 0.2) is 16.7 Å². The highest BCUT2D eigenvalue weighted by molar-refractivity contribution is 6.51. The lowest BCUT2D eigenvalue weighted by molar-refractivity contribution is -0.124.